The van der Waals surface area contributed by atoms with Crippen molar-refractivity contribution < 1.29 is 13.2 Å². The molecule has 0 aliphatic rings. The number of benzene rings is 1. The molecule has 0 fully saturated rings. The van der Waals surface area contributed by atoms with E-state index in [-0.39, 0.29) is 12.1 Å². The van der Waals surface area contributed by atoms with Crippen LogP contribution in [-0.2, 0) is 12.7 Å². The summed E-state index contributed by atoms with van der Waals surface area (Å²) in [5, 5.41) is 2.83. The van der Waals surface area contributed by atoms with Crippen molar-refractivity contribution in [2.75, 3.05) is 5.32 Å². The molecule has 3 nitrogen and oxygen atoms in total. The minimum Gasteiger partial charge on any atom is -0.366 e. The molecule has 0 amide bonds. The summed E-state index contributed by atoms with van der Waals surface area (Å²) in [6.07, 6.45) is -3.04. The van der Waals surface area contributed by atoms with Crippen LogP contribution in [0.2, 0.25) is 0 Å². The van der Waals surface area contributed by atoms with Crippen LogP contribution in [-0.4, -0.2) is 9.97 Å². The molecule has 2 aromatic rings. The number of hydrogen-bond donors (Lipinski definition) is 1. The van der Waals surface area contributed by atoms with Gasteiger partial charge in [0.1, 0.15) is 16.7 Å². The molecule has 0 aliphatic carbocycles. The topological polar surface area (TPSA) is 37.8 Å². The number of halogens is 4. The fraction of sp³-hybridized carbons (Fsp3) is 0.167. The normalized spacial score (nSPS) is 11.4. The number of rotatable bonds is 3. The fourth-order valence-corrected chi connectivity index (χ4v) is 1.88. The van der Waals surface area contributed by atoms with E-state index in [0.29, 0.717) is 10.4 Å². The van der Waals surface area contributed by atoms with E-state index in [1.165, 1.54) is 18.5 Å². The minimum absolute atomic E-state index is 0.0408. The first-order valence-corrected chi connectivity index (χ1v) is 6.12. The molecule has 2 rings (SSSR count). The summed E-state index contributed by atoms with van der Waals surface area (Å²) >= 11 is 3.16. The third kappa shape index (κ3) is 3.66. The van der Waals surface area contributed by atoms with Crippen LogP contribution in [0.5, 0.6) is 0 Å². The number of nitrogens with zero attached hydrogens (tertiary/aromatic N) is 2. The second kappa shape index (κ2) is 5.56. The van der Waals surface area contributed by atoms with E-state index >= 15 is 0 Å². The van der Waals surface area contributed by atoms with Gasteiger partial charge in [0.15, 0.2) is 0 Å². The quantitative estimate of drug-likeness (QED) is 0.867. The summed E-state index contributed by atoms with van der Waals surface area (Å²) in [5.74, 6) is 0.457. The minimum atomic E-state index is -4.36. The van der Waals surface area contributed by atoms with Crippen molar-refractivity contribution >= 4 is 21.7 Å². The summed E-state index contributed by atoms with van der Waals surface area (Å²) in [5.41, 5.74) is -0.472. The lowest BCUT2D eigenvalue weighted by Crippen LogP contribution is -2.12. The van der Waals surface area contributed by atoms with E-state index < -0.39 is 11.7 Å². The molecule has 1 aromatic heterocycles. The van der Waals surface area contributed by atoms with Crippen LogP contribution in [0.15, 0.2) is 41.3 Å². The standard InChI is InChI=1S/C12H9BrF3N3/c13-10-5-11(19-7-18-10)17-6-8-3-1-2-4-9(8)12(14,15)16/h1-5,7H,6H2,(H,17,18,19). The maximum Gasteiger partial charge on any atom is 0.416 e. The predicted octanol–water partition coefficient (Wildman–Crippen LogP) is 3.87. The average molecular weight is 332 g/mol. The van der Waals surface area contributed by atoms with E-state index in [2.05, 4.69) is 31.2 Å². The highest BCUT2D eigenvalue weighted by Gasteiger charge is 2.32. The number of nitrogens with one attached hydrogen (secondary N) is 1. The zero-order valence-corrected chi connectivity index (χ0v) is 11.2. The van der Waals surface area contributed by atoms with Gasteiger partial charge in [0.05, 0.1) is 5.56 Å². The van der Waals surface area contributed by atoms with E-state index in [1.807, 2.05) is 0 Å². The van der Waals surface area contributed by atoms with Gasteiger partial charge < -0.3 is 5.32 Å². The lowest BCUT2D eigenvalue weighted by molar-refractivity contribution is -0.138. The van der Waals surface area contributed by atoms with Gasteiger partial charge in [-0.3, -0.25) is 0 Å². The van der Waals surface area contributed by atoms with Crippen molar-refractivity contribution in [2.24, 2.45) is 0 Å². The molecule has 0 bridgehead atoms. The highest BCUT2D eigenvalue weighted by Crippen LogP contribution is 2.32. The molecule has 7 heteroatoms. The first-order chi connectivity index (χ1) is 8.97. The number of hydrogen-bond acceptors (Lipinski definition) is 3. The maximum absolute atomic E-state index is 12.8. The lowest BCUT2D eigenvalue weighted by atomic mass is 10.1. The molecule has 0 saturated carbocycles. The molecule has 19 heavy (non-hydrogen) atoms. The van der Waals surface area contributed by atoms with Gasteiger partial charge in [0.25, 0.3) is 0 Å². The number of anilines is 1. The van der Waals surface area contributed by atoms with Gasteiger partial charge in [0, 0.05) is 12.6 Å². The molecular formula is C12H9BrF3N3. The SMILES string of the molecule is FC(F)(F)c1ccccc1CNc1cc(Br)ncn1. The lowest BCUT2D eigenvalue weighted by Gasteiger charge is -2.13. The monoisotopic (exact) mass is 331 g/mol. The van der Waals surface area contributed by atoms with Gasteiger partial charge in [-0.25, -0.2) is 9.97 Å². The van der Waals surface area contributed by atoms with Gasteiger partial charge >= 0.3 is 6.18 Å². The fourth-order valence-electron chi connectivity index (χ4n) is 1.57. The second-order valence-electron chi connectivity index (χ2n) is 3.73. The highest BCUT2D eigenvalue weighted by molar-refractivity contribution is 9.10. The maximum atomic E-state index is 12.8. The smallest absolute Gasteiger partial charge is 0.366 e. The van der Waals surface area contributed by atoms with Crippen molar-refractivity contribution in [3.63, 3.8) is 0 Å². The van der Waals surface area contributed by atoms with E-state index in [0.717, 1.165) is 6.07 Å². The number of aromatic nitrogens is 2. The van der Waals surface area contributed by atoms with Gasteiger partial charge in [-0.15, -0.1) is 0 Å². The molecule has 100 valence electrons. The van der Waals surface area contributed by atoms with Crippen LogP contribution in [0.1, 0.15) is 11.1 Å². The van der Waals surface area contributed by atoms with Gasteiger partial charge in [-0.05, 0) is 27.6 Å². The Balaban J connectivity index is 2.16. The molecule has 1 N–H and O–H groups in total. The third-order valence-electron chi connectivity index (χ3n) is 2.42. The Morgan fingerprint density at radius 1 is 1.16 bits per heavy atom. The van der Waals surface area contributed by atoms with Gasteiger partial charge in [-0.1, -0.05) is 18.2 Å². The Bertz CT molecular complexity index is 572. The zero-order chi connectivity index (χ0) is 13.9. The van der Waals surface area contributed by atoms with Crippen molar-refractivity contribution in [1.29, 1.82) is 0 Å². The van der Waals surface area contributed by atoms with Crippen molar-refractivity contribution in [1.82, 2.24) is 9.97 Å². The molecular weight excluding hydrogens is 323 g/mol. The Labute approximate surface area is 116 Å². The molecule has 0 aliphatic heterocycles. The first-order valence-electron chi connectivity index (χ1n) is 5.33. The van der Waals surface area contributed by atoms with Crippen LogP contribution in [0.25, 0.3) is 0 Å². The molecule has 0 spiro atoms. The molecule has 1 heterocycles. The van der Waals surface area contributed by atoms with Crippen molar-refractivity contribution in [2.45, 2.75) is 12.7 Å². The first kappa shape index (κ1) is 13.8. The van der Waals surface area contributed by atoms with Crippen LogP contribution in [0, 0.1) is 0 Å². The second-order valence-corrected chi connectivity index (χ2v) is 4.55. The zero-order valence-electron chi connectivity index (χ0n) is 9.58. The Morgan fingerprint density at radius 2 is 1.89 bits per heavy atom. The molecule has 1 aromatic carbocycles. The summed E-state index contributed by atoms with van der Waals surface area (Å²) < 4.78 is 38.9. The van der Waals surface area contributed by atoms with Crippen molar-refractivity contribution in [3.8, 4) is 0 Å². The third-order valence-corrected chi connectivity index (χ3v) is 2.85. The summed E-state index contributed by atoms with van der Waals surface area (Å²) in [7, 11) is 0. The van der Waals surface area contributed by atoms with E-state index in [1.54, 1.807) is 12.1 Å². The van der Waals surface area contributed by atoms with Crippen LogP contribution < -0.4 is 5.32 Å². The number of alkyl halides is 3. The molecule has 0 unspecified atom stereocenters. The highest BCUT2D eigenvalue weighted by atomic mass is 79.9. The molecule has 0 atom stereocenters. The van der Waals surface area contributed by atoms with Crippen LogP contribution in [0.4, 0.5) is 19.0 Å². The van der Waals surface area contributed by atoms with E-state index in [4.69, 9.17) is 0 Å². The van der Waals surface area contributed by atoms with Crippen LogP contribution in [0.3, 0.4) is 0 Å². The Kier molecular flexibility index (Phi) is 4.04. The Morgan fingerprint density at radius 3 is 2.58 bits per heavy atom. The van der Waals surface area contributed by atoms with Gasteiger partial charge in [0.2, 0.25) is 0 Å². The average Bonchev–Trinajstić information content (AvgIpc) is 2.36. The Hall–Kier alpha value is -1.63. The van der Waals surface area contributed by atoms with E-state index in [9.17, 15) is 13.2 Å². The van der Waals surface area contributed by atoms with Crippen molar-refractivity contribution in [3.05, 3.63) is 52.4 Å². The van der Waals surface area contributed by atoms with Gasteiger partial charge in [-0.2, -0.15) is 13.2 Å². The summed E-state index contributed by atoms with van der Waals surface area (Å²) in [6, 6.07) is 7.03. The predicted molar refractivity (Wildman–Crippen MR) is 68.5 cm³/mol. The summed E-state index contributed by atoms with van der Waals surface area (Å²) in [6.45, 7) is 0.0408. The largest absolute Gasteiger partial charge is 0.416 e. The molecule has 0 radical (unpaired) electrons. The summed E-state index contributed by atoms with van der Waals surface area (Å²) in [4.78, 5) is 7.75. The van der Waals surface area contributed by atoms with Crippen LogP contribution >= 0.6 is 15.9 Å². The molecule has 0 saturated heterocycles.